The summed E-state index contributed by atoms with van der Waals surface area (Å²) in [6.45, 7) is 6.92. The van der Waals surface area contributed by atoms with Crippen LogP contribution in [0.15, 0.2) is 72.9 Å². The van der Waals surface area contributed by atoms with E-state index < -0.39 is 0 Å². The molecule has 0 radical (unpaired) electrons. The summed E-state index contributed by atoms with van der Waals surface area (Å²) in [4.78, 5) is 21.6. The minimum Gasteiger partial charge on any atom is -0.494 e. The van der Waals surface area contributed by atoms with Gasteiger partial charge in [-0.15, -0.1) is 0 Å². The highest BCUT2D eigenvalue weighted by molar-refractivity contribution is 6.30. The lowest BCUT2D eigenvalue weighted by molar-refractivity contribution is 0.220. The number of hydrogen-bond acceptors (Lipinski definition) is 5. The van der Waals surface area contributed by atoms with Gasteiger partial charge < -0.3 is 20.3 Å². The van der Waals surface area contributed by atoms with Crippen LogP contribution in [0.3, 0.4) is 0 Å². The Labute approximate surface area is 256 Å². The number of urea groups is 1. The molecule has 0 spiro atoms. The fraction of sp³-hybridized carbons (Fsp3) is 0.471. The molecule has 1 aliphatic heterocycles. The Morgan fingerprint density at radius 3 is 2.57 bits per heavy atom. The molecule has 1 saturated heterocycles. The second-order valence-electron chi connectivity index (χ2n) is 11.2. The first-order chi connectivity index (χ1) is 20.6. The van der Waals surface area contributed by atoms with Crippen molar-refractivity contribution in [1.29, 1.82) is 0 Å². The Kier molecular flexibility index (Phi) is 13.4. The zero-order chi connectivity index (χ0) is 29.4. The van der Waals surface area contributed by atoms with E-state index in [1.807, 2.05) is 36.5 Å². The molecule has 3 aromatic rings. The Hall–Kier alpha value is -3.13. The lowest BCUT2D eigenvalue weighted by Crippen LogP contribution is -2.40. The van der Waals surface area contributed by atoms with E-state index in [4.69, 9.17) is 16.3 Å². The summed E-state index contributed by atoms with van der Waals surface area (Å²) >= 11 is 6.11. The number of likely N-dealkylation sites (tertiary alicyclic amines) is 1. The van der Waals surface area contributed by atoms with E-state index >= 15 is 0 Å². The predicted octanol–water partition coefficient (Wildman–Crippen LogP) is 6.33. The van der Waals surface area contributed by atoms with Crippen molar-refractivity contribution in [3.05, 3.63) is 94.8 Å². The number of amides is 2. The third-order valence-electron chi connectivity index (χ3n) is 7.77. The van der Waals surface area contributed by atoms with Crippen LogP contribution in [0, 0.1) is 0 Å². The maximum atomic E-state index is 12.2. The molecule has 0 aliphatic carbocycles. The Bertz CT molecular complexity index is 1190. The third-order valence-corrected chi connectivity index (χ3v) is 8.03. The van der Waals surface area contributed by atoms with E-state index in [0.29, 0.717) is 19.7 Å². The molecule has 0 bridgehead atoms. The van der Waals surface area contributed by atoms with E-state index in [1.54, 1.807) is 0 Å². The fourth-order valence-corrected chi connectivity index (χ4v) is 5.50. The van der Waals surface area contributed by atoms with Crippen molar-refractivity contribution in [2.24, 2.45) is 0 Å². The van der Waals surface area contributed by atoms with Gasteiger partial charge >= 0.3 is 6.03 Å². The van der Waals surface area contributed by atoms with Crippen molar-refractivity contribution in [2.75, 3.05) is 52.9 Å². The zero-order valence-electron chi connectivity index (χ0n) is 24.9. The number of ether oxygens (including phenoxy) is 1. The van der Waals surface area contributed by atoms with Gasteiger partial charge in [0.25, 0.3) is 0 Å². The van der Waals surface area contributed by atoms with Crippen molar-refractivity contribution in [1.82, 2.24) is 25.4 Å². The van der Waals surface area contributed by atoms with E-state index in [2.05, 4.69) is 68.9 Å². The van der Waals surface area contributed by atoms with Crippen LogP contribution in [0.4, 0.5) is 4.79 Å². The largest absolute Gasteiger partial charge is 0.494 e. The molecule has 8 heteroatoms. The summed E-state index contributed by atoms with van der Waals surface area (Å²) in [6, 6.07) is 22.4. The molecule has 7 nitrogen and oxygen atoms in total. The summed E-state index contributed by atoms with van der Waals surface area (Å²) < 4.78 is 5.97. The molecular formula is C34H46ClN5O2. The minimum atomic E-state index is -0.123. The molecule has 2 N–H and O–H groups in total. The summed E-state index contributed by atoms with van der Waals surface area (Å²) in [5, 5.41) is 6.67. The van der Waals surface area contributed by atoms with E-state index in [0.717, 1.165) is 55.4 Å². The number of nitrogens with one attached hydrogen (secondary N) is 2. The summed E-state index contributed by atoms with van der Waals surface area (Å²) in [6.07, 6.45) is 8.50. The minimum absolute atomic E-state index is 0.123. The lowest BCUT2D eigenvalue weighted by atomic mass is 9.92. The maximum absolute atomic E-state index is 12.2. The van der Waals surface area contributed by atoms with Gasteiger partial charge in [0.05, 0.1) is 6.61 Å². The number of unbranched alkanes of at least 4 members (excludes halogenated alkanes) is 1. The van der Waals surface area contributed by atoms with E-state index in [-0.39, 0.29) is 11.9 Å². The molecule has 2 heterocycles. The molecule has 1 unspecified atom stereocenters. The highest BCUT2D eigenvalue weighted by atomic mass is 35.5. The summed E-state index contributed by atoms with van der Waals surface area (Å²) in [7, 11) is 2.08. The van der Waals surface area contributed by atoms with Crippen LogP contribution in [-0.2, 0) is 6.54 Å². The van der Waals surface area contributed by atoms with E-state index in [9.17, 15) is 4.79 Å². The standard InChI is InChI=1S/C34H46ClN5O2/c1-39(23-17-32(33-12-3-4-18-36-33)29-13-15-30(35)16-14-29)24-20-38-34(41)37-19-5-8-25-42-31-11-9-10-28(26-31)27-40-21-6-2-7-22-40/h3-4,9-16,18,26,32H,2,5-8,17,19-25,27H2,1H3,(H2,37,38,41). The second kappa shape index (κ2) is 17.7. The molecule has 4 rings (SSSR count). The molecule has 226 valence electrons. The Morgan fingerprint density at radius 2 is 1.79 bits per heavy atom. The number of pyridine rings is 1. The molecule has 2 amide bonds. The molecule has 1 atom stereocenters. The number of carbonyl (C=O) groups is 1. The van der Waals surface area contributed by atoms with Gasteiger partial charge in [-0.25, -0.2) is 4.79 Å². The second-order valence-corrected chi connectivity index (χ2v) is 11.6. The Morgan fingerprint density at radius 1 is 0.976 bits per heavy atom. The number of rotatable bonds is 16. The summed E-state index contributed by atoms with van der Waals surface area (Å²) in [5.41, 5.74) is 3.57. The average molecular weight is 592 g/mol. The highest BCUT2D eigenvalue weighted by Crippen LogP contribution is 2.27. The number of aromatic nitrogens is 1. The van der Waals surface area contributed by atoms with Crippen LogP contribution >= 0.6 is 11.6 Å². The first-order valence-corrected chi connectivity index (χ1v) is 15.8. The first kappa shape index (κ1) is 31.8. The molecule has 1 aromatic heterocycles. The van der Waals surface area contributed by atoms with Crippen LogP contribution in [-0.4, -0.2) is 73.7 Å². The molecular weight excluding hydrogens is 546 g/mol. The normalized spacial score (nSPS) is 14.5. The molecule has 0 saturated carbocycles. The van der Waals surface area contributed by atoms with Gasteiger partial charge in [-0.2, -0.15) is 0 Å². The molecule has 42 heavy (non-hydrogen) atoms. The Balaban J connectivity index is 1.06. The van der Waals surface area contributed by atoms with Crippen LogP contribution in [0.1, 0.15) is 61.3 Å². The number of halogens is 1. The van der Waals surface area contributed by atoms with Crippen molar-refractivity contribution < 1.29 is 9.53 Å². The first-order valence-electron chi connectivity index (χ1n) is 15.4. The number of likely N-dealkylation sites (N-methyl/N-ethyl adjacent to an activating group) is 1. The third kappa shape index (κ3) is 11.3. The van der Waals surface area contributed by atoms with Crippen LogP contribution in [0.25, 0.3) is 0 Å². The summed E-state index contributed by atoms with van der Waals surface area (Å²) in [5.74, 6) is 1.12. The smallest absolute Gasteiger partial charge is 0.314 e. The van der Waals surface area contributed by atoms with Crippen LogP contribution < -0.4 is 15.4 Å². The fourth-order valence-electron chi connectivity index (χ4n) is 5.37. The van der Waals surface area contributed by atoms with Crippen molar-refractivity contribution >= 4 is 17.6 Å². The topological polar surface area (TPSA) is 69.7 Å². The SMILES string of the molecule is CN(CCNC(=O)NCCCCOc1cccc(CN2CCCCC2)c1)CCC(c1ccc(Cl)cc1)c1ccccn1. The van der Waals surface area contributed by atoms with Gasteiger partial charge in [0.15, 0.2) is 0 Å². The number of hydrogen-bond donors (Lipinski definition) is 2. The van der Waals surface area contributed by atoms with Crippen molar-refractivity contribution in [3.63, 3.8) is 0 Å². The molecule has 1 fully saturated rings. The quantitative estimate of drug-likeness (QED) is 0.190. The number of benzene rings is 2. The van der Waals surface area contributed by atoms with Crippen molar-refractivity contribution in [3.8, 4) is 5.75 Å². The number of carbonyl (C=O) groups excluding carboxylic acids is 1. The predicted molar refractivity (Wildman–Crippen MR) is 171 cm³/mol. The van der Waals surface area contributed by atoms with Gasteiger partial charge in [-0.1, -0.05) is 48.4 Å². The monoisotopic (exact) mass is 591 g/mol. The maximum Gasteiger partial charge on any atom is 0.314 e. The van der Waals surface area contributed by atoms with Crippen molar-refractivity contribution in [2.45, 2.75) is 51.0 Å². The van der Waals surface area contributed by atoms with E-state index in [1.165, 1.54) is 43.5 Å². The van der Waals surface area contributed by atoms with Gasteiger partial charge in [0.1, 0.15) is 5.75 Å². The highest BCUT2D eigenvalue weighted by Gasteiger charge is 2.16. The van der Waals surface area contributed by atoms with Gasteiger partial charge in [0, 0.05) is 49.0 Å². The number of nitrogens with zero attached hydrogens (tertiary/aromatic N) is 3. The average Bonchev–Trinajstić information content (AvgIpc) is 3.01. The van der Waals surface area contributed by atoms with Gasteiger partial charge in [0.2, 0.25) is 0 Å². The van der Waals surface area contributed by atoms with Crippen LogP contribution in [0.2, 0.25) is 5.02 Å². The molecule has 1 aliphatic rings. The van der Waals surface area contributed by atoms with Crippen LogP contribution in [0.5, 0.6) is 5.75 Å². The van der Waals surface area contributed by atoms with Gasteiger partial charge in [-0.05, 0) is 106 Å². The zero-order valence-corrected chi connectivity index (χ0v) is 25.7. The lowest BCUT2D eigenvalue weighted by Gasteiger charge is -2.26. The van der Waals surface area contributed by atoms with Gasteiger partial charge in [-0.3, -0.25) is 9.88 Å². The molecule has 2 aromatic carbocycles. The number of piperidine rings is 1.